The predicted octanol–water partition coefficient (Wildman–Crippen LogP) is 3.17. The molecule has 3 amide bonds. The van der Waals surface area contributed by atoms with Crippen LogP contribution in [0.15, 0.2) is 54.9 Å². The molecule has 0 bridgehead atoms. The maximum atomic E-state index is 13.7. The van der Waals surface area contributed by atoms with Crippen LogP contribution in [-0.4, -0.2) is 50.9 Å². The van der Waals surface area contributed by atoms with Crippen LogP contribution in [0.3, 0.4) is 0 Å². The quantitative estimate of drug-likeness (QED) is 0.473. The Bertz CT molecular complexity index is 1350. The molecule has 2 aliphatic rings. The van der Waals surface area contributed by atoms with E-state index in [1.165, 1.54) is 6.33 Å². The van der Waals surface area contributed by atoms with Crippen molar-refractivity contribution in [2.45, 2.75) is 51.0 Å². The van der Waals surface area contributed by atoms with Gasteiger partial charge in [0.05, 0.1) is 20.0 Å². The third kappa shape index (κ3) is 4.91. The van der Waals surface area contributed by atoms with Gasteiger partial charge in [0, 0.05) is 24.2 Å². The van der Waals surface area contributed by atoms with Gasteiger partial charge in [-0.2, -0.15) is 0 Å². The summed E-state index contributed by atoms with van der Waals surface area (Å²) in [6.07, 6.45) is 3.09. The zero-order valence-electron chi connectivity index (χ0n) is 20.7. The van der Waals surface area contributed by atoms with Gasteiger partial charge in [-0.3, -0.25) is 14.4 Å². The van der Waals surface area contributed by atoms with Crippen LogP contribution in [0.25, 0.3) is 0 Å². The largest absolute Gasteiger partial charge is 0.497 e. The van der Waals surface area contributed by atoms with Gasteiger partial charge in [-0.1, -0.05) is 35.9 Å². The smallest absolute Gasteiger partial charge is 0.274 e. The van der Waals surface area contributed by atoms with Gasteiger partial charge in [-0.05, 0) is 55.2 Å². The van der Waals surface area contributed by atoms with Crippen LogP contribution >= 0.6 is 11.6 Å². The van der Waals surface area contributed by atoms with Gasteiger partial charge in [0.2, 0.25) is 5.91 Å². The Morgan fingerprint density at radius 3 is 2.51 bits per heavy atom. The van der Waals surface area contributed by atoms with Gasteiger partial charge < -0.3 is 24.8 Å². The Balaban J connectivity index is 1.34. The van der Waals surface area contributed by atoms with Crippen molar-refractivity contribution in [2.75, 3.05) is 7.11 Å². The monoisotopic (exact) mass is 521 g/mol. The zero-order chi connectivity index (χ0) is 26.2. The number of nitrogens with one attached hydrogen (secondary N) is 2. The van der Waals surface area contributed by atoms with E-state index in [1.54, 1.807) is 41.7 Å². The molecular weight excluding hydrogens is 494 g/mol. The molecule has 1 aliphatic carbocycles. The van der Waals surface area contributed by atoms with Crippen molar-refractivity contribution in [2.24, 2.45) is 0 Å². The lowest BCUT2D eigenvalue weighted by Gasteiger charge is -2.44. The number of fused-ring (bicyclic) bond motifs is 1. The van der Waals surface area contributed by atoms with Gasteiger partial charge in [0.1, 0.15) is 17.0 Å². The van der Waals surface area contributed by atoms with E-state index in [1.807, 2.05) is 30.3 Å². The number of carbonyl (C=O) groups excluding carboxylic acids is 3. The van der Waals surface area contributed by atoms with E-state index in [-0.39, 0.29) is 42.3 Å². The highest BCUT2D eigenvalue weighted by Crippen LogP contribution is 2.38. The fraction of sp³-hybridized carbons (Fsp3) is 0.333. The van der Waals surface area contributed by atoms with E-state index in [9.17, 15) is 14.4 Å². The molecule has 9 nitrogen and oxygen atoms in total. The molecule has 37 heavy (non-hydrogen) atoms. The summed E-state index contributed by atoms with van der Waals surface area (Å²) in [7, 11) is 1.60. The first-order chi connectivity index (χ1) is 17.8. The predicted molar refractivity (Wildman–Crippen MR) is 137 cm³/mol. The number of hydrogen-bond donors (Lipinski definition) is 2. The van der Waals surface area contributed by atoms with Crippen LogP contribution in [0.5, 0.6) is 5.75 Å². The van der Waals surface area contributed by atoms with Crippen LogP contribution in [-0.2, 0) is 24.4 Å². The highest BCUT2D eigenvalue weighted by molar-refractivity contribution is 6.30. The van der Waals surface area contributed by atoms with Crippen molar-refractivity contribution in [3.63, 3.8) is 0 Å². The Hall–Kier alpha value is -3.85. The molecule has 192 valence electrons. The Morgan fingerprint density at radius 1 is 1.11 bits per heavy atom. The number of nitrogens with zero attached hydrogens (tertiary/aromatic N) is 3. The van der Waals surface area contributed by atoms with Gasteiger partial charge in [-0.25, -0.2) is 4.98 Å². The third-order valence-corrected chi connectivity index (χ3v) is 7.07. The molecule has 5 rings (SSSR count). The molecule has 0 spiro atoms. The maximum absolute atomic E-state index is 13.7. The normalized spacial score (nSPS) is 18.8. The van der Waals surface area contributed by atoms with Crippen molar-refractivity contribution in [1.82, 2.24) is 25.1 Å². The number of rotatable bonds is 8. The maximum Gasteiger partial charge on any atom is 0.274 e. The van der Waals surface area contributed by atoms with E-state index in [2.05, 4.69) is 15.6 Å². The van der Waals surface area contributed by atoms with E-state index >= 15 is 0 Å². The molecule has 1 saturated carbocycles. The van der Waals surface area contributed by atoms with Crippen molar-refractivity contribution in [3.8, 4) is 5.75 Å². The molecule has 2 aromatic carbocycles. The minimum absolute atomic E-state index is 0.0461. The molecule has 1 fully saturated rings. The van der Waals surface area contributed by atoms with E-state index in [0.717, 1.165) is 29.7 Å². The van der Waals surface area contributed by atoms with Crippen LogP contribution in [0.4, 0.5) is 0 Å². The average molecular weight is 522 g/mol. The molecule has 3 aromatic rings. The molecule has 1 aromatic heterocycles. The molecule has 0 saturated heterocycles. The van der Waals surface area contributed by atoms with Crippen molar-refractivity contribution >= 4 is 29.3 Å². The van der Waals surface area contributed by atoms with Crippen molar-refractivity contribution < 1.29 is 19.1 Å². The average Bonchev–Trinajstić information content (AvgIpc) is 3.63. The fourth-order valence-electron chi connectivity index (χ4n) is 4.75. The first-order valence-electron chi connectivity index (χ1n) is 12.1. The van der Waals surface area contributed by atoms with Crippen LogP contribution in [0.1, 0.15) is 51.9 Å². The highest BCUT2D eigenvalue weighted by atomic mass is 35.5. The van der Waals surface area contributed by atoms with Crippen LogP contribution in [0, 0.1) is 0 Å². The van der Waals surface area contributed by atoms with Crippen LogP contribution in [0.2, 0.25) is 5.02 Å². The number of aromatic nitrogens is 2. The number of benzene rings is 2. The number of imidazole rings is 1. The fourth-order valence-corrected chi connectivity index (χ4v) is 4.96. The van der Waals surface area contributed by atoms with Gasteiger partial charge in [0.15, 0.2) is 5.69 Å². The standard InChI is InChI=1S/C27H28ClN5O4/c1-27(26(36)30-13-17-6-10-21(37-2)11-7-17)15-32-16-31-22(23(32)25(35)33(27)20-8-9-20)24(34)29-14-18-4-3-5-19(28)12-18/h3-7,10-12,16,20H,8-9,13-15H2,1-2H3,(H,29,34)(H,30,36)/t27-/m1/s1. The second kappa shape index (κ2) is 9.89. The van der Waals surface area contributed by atoms with Crippen LogP contribution < -0.4 is 15.4 Å². The molecule has 10 heteroatoms. The SMILES string of the molecule is COc1ccc(CNC(=O)[C@@]2(C)Cn3cnc(C(=O)NCc4cccc(Cl)c4)c3C(=O)N2C2CC2)cc1. The van der Waals surface area contributed by atoms with Gasteiger partial charge in [-0.15, -0.1) is 0 Å². The number of methoxy groups -OCH3 is 1. The first kappa shape index (κ1) is 24.8. The third-order valence-electron chi connectivity index (χ3n) is 6.84. The summed E-state index contributed by atoms with van der Waals surface area (Å²) < 4.78 is 6.80. The second-order valence-electron chi connectivity index (χ2n) is 9.59. The lowest BCUT2D eigenvalue weighted by atomic mass is 9.93. The van der Waals surface area contributed by atoms with Gasteiger partial charge >= 0.3 is 0 Å². The lowest BCUT2D eigenvalue weighted by Crippen LogP contribution is -2.64. The number of carbonyl (C=O) groups is 3. The van der Waals surface area contributed by atoms with E-state index < -0.39 is 11.4 Å². The summed E-state index contributed by atoms with van der Waals surface area (Å²) in [5.74, 6) is -0.332. The molecule has 0 radical (unpaired) electrons. The lowest BCUT2D eigenvalue weighted by molar-refractivity contribution is -0.133. The highest BCUT2D eigenvalue weighted by Gasteiger charge is 2.53. The summed E-state index contributed by atoms with van der Waals surface area (Å²) >= 11 is 6.03. The number of ether oxygens (including phenoxy) is 1. The van der Waals surface area contributed by atoms with Crippen molar-refractivity contribution in [1.29, 1.82) is 0 Å². The number of hydrogen-bond acceptors (Lipinski definition) is 5. The Kier molecular flexibility index (Phi) is 6.64. The molecule has 0 unspecified atom stereocenters. The summed E-state index contributed by atoms with van der Waals surface area (Å²) in [6.45, 7) is 2.54. The summed E-state index contributed by atoms with van der Waals surface area (Å²) in [6, 6.07) is 14.6. The van der Waals surface area contributed by atoms with E-state index in [4.69, 9.17) is 16.3 Å². The molecule has 2 heterocycles. The zero-order valence-corrected chi connectivity index (χ0v) is 21.4. The van der Waals surface area contributed by atoms with Gasteiger partial charge in [0.25, 0.3) is 11.8 Å². The van der Waals surface area contributed by atoms with E-state index in [0.29, 0.717) is 11.6 Å². The first-order valence-corrected chi connectivity index (χ1v) is 12.5. The Morgan fingerprint density at radius 2 is 1.84 bits per heavy atom. The minimum atomic E-state index is -1.12. The van der Waals surface area contributed by atoms with Crippen molar-refractivity contribution in [3.05, 3.63) is 82.4 Å². The number of amides is 3. The molecular formula is C27H28ClN5O4. The summed E-state index contributed by atoms with van der Waals surface area (Å²) in [5.41, 5.74) is 0.891. The Labute approximate surface area is 219 Å². The number of halogens is 1. The molecule has 1 aliphatic heterocycles. The summed E-state index contributed by atoms with van der Waals surface area (Å²) in [4.78, 5) is 46.1. The molecule has 2 N–H and O–H groups in total. The second-order valence-corrected chi connectivity index (χ2v) is 10.0. The molecule has 1 atom stereocenters. The topological polar surface area (TPSA) is 106 Å². The summed E-state index contributed by atoms with van der Waals surface area (Å²) in [5, 5.41) is 6.38. The minimum Gasteiger partial charge on any atom is -0.497 e.